The van der Waals surface area contributed by atoms with Gasteiger partial charge in [0.25, 0.3) is 0 Å². The monoisotopic (exact) mass is 480 g/mol. The van der Waals surface area contributed by atoms with Gasteiger partial charge in [-0.3, -0.25) is 19.5 Å². The molecule has 0 spiro atoms. The van der Waals surface area contributed by atoms with Gasteiger partial charge in [-0.15, -0.1) is 0 Å². The van der Waals surface area contributed by atoms with Gasteiger partial charge < -0.3 is 20.1 Å². The minimum absolute atomic E-state index is 0.0278. The zero-order valence-corrected chi connectivity index (χ0v) is 20.8. The predicted molar refractivity (Wildman–Crippen MR) is 134 cm³/mol. The largest absolute Gasteiger partial charge is 0.488 e. The summed E-state index contributed by atoms with van der Waals surface area (Å²) in [6.45, 7) is 5.76. The maximum Gasteiger partial charge on any atom is 0.227 e. The summed E-state index contributed by atoms with van der Waals surface area (Å²) in [4.78, 5) is 33.6. The van der Waals surface area contributed by atoms with Gasteiger partial charge in [0.15, 0.2) is 0 Å². The van der Waals surface area contributed by atoms with Crippen LogP contribution >= 0.6 is 0 Å². The van der Waals surface area contributed by atoms with Crippen LogP contribution in [0, 0.1) is 11.8 Å². The fourth-order valence-corrected chi connectivity index (χ4v) is 4.49. The number of aliphatic hydroxyl groups excluding tert-OH is 1. The Bertz CT molecular complexity index is 1030. The average molecular weight is 481 g/mol. The first-order valence-electron chi connectivity index (χ1n) is 12.4. The van der Waals surface area contributed by atoms with E-state index in [0.717, 1.165) is 24.9 Å². The molecule has 2 N–H and O–H groups in total. The Hall–Kier alpha value is -2.97. The van der Waals surface area contributed by atoms with Gasteiger partial charge in [-0.1, -0.05) is 6.92 Å². The van der Waals surface area contributed by atoms with Crippen molar-refractivity contribution in [1.82, 2.24) is 14.8 Å². The van der Waals surface area contributed by atoms with Crippen molar-refractivity contribution < 1.29 is 19.4 Å². The fraction of sp³-hybridized carbons (Fsp3) is 0.519. The topological polar surface area (TPSA) is 95.0 Å². The van der Waals surface area contributed by atoms with Crippen molar-refractivity contribution in [2.24, 2.45) is 11.8 Å². The molecule has 8 heteroatoms. The Balaban J connectivity index is 1.58. The van der Waals surface area contributed by atoms with Crippen molar-refractivity contribution in [2.45, 2.75) is 51.8 Å². The number of likely N-dealkylation sites (N-methyl/N-ethyl adjacent to an activating group) is 1. The van der Waals surface area contributed by atoms with Crippen LogP contribution in [-0.2, 0) is 22.6 Å². The highest BCUT2D eigenvalue weighted by Gasteiger charge is 2.32. The third-order valence-corrected chi connectivity index (χ3v) is 6.83. The molecule has 1 aliphatic heterocycles. The van der Waals surface area contributed by atoms with E-state index in [9.17, 15) is 14.7 Å². The van der Waals surface area contributed by atoms with Gasteiger partial charge in [-0.05, 0) is 62.7 Å². The molecule has 0 bridgehead atoms. The van der Waals surface area contributed by atoms with E-state index >= 15 is 0 Å². The Morgan fingerprint density at radius 3 is 2.71 bits per heavy atom. The number of anilines is 1. The van der Waals surface area contributed by atoms with Gasteiger partial charge in [0, 0.05) is 55.1 Å². The van der Waals surface area contributed by atoms with Crippen molar-refractivity contribution in [1.29, 1.82) is 0 Å². The van der Waals surface area contributed by atoms with Gasteiger partial charge >= 0.3 is 0 Å². The number of nitrogens with zero attached hydrogens (tertiary/aromatic N) is 3. The molecular formula is C27H36N4O4. The van der Waals surface area contributed by atoms with Gasteiger partial charge in [0.05, 0.1) is 19.1 Å². The molecule has 188 valence electrons. The van der Waals surface area contributed by atoms with Gasteiger partial charge in [-0.2, -0.15) is 0 Å². The smallest absolute Gasteiger partial charge is 0.227 e. The summed E-state index contributed by atoms with van der Waals surface area (Å²) in [5.74, 6) is 0.767. The van der Waals surface area contributed by atoms with E-state index in [2.05, 4.69) is 29.2 Å². The number of aromatic nitrogens is 1. The molecule has 0 saturated heterocycles. The summed E-state index contributed by atoms with van der Waals surface area (Å²) >= 11 is 0. The maximum atomic E-state index is 13.3. The molecule has 3 atom stereocenters. The number of carbonyl (C=O) groups is 2. The minimum Gasteiger partial charge on any atom is -0.488 e. The van der Waals surface area contributed by atoms with Crippen LogP contribution in [0.2, 0.25) is 0 Å². The summed E-state index contributed by atoms with van der Waals surface area (Å²) in [5, 5.41) is 12.8. The number of amides is 2. The van der Waals surface area contributed by atoms with E-state index < -0.39 is 0 Å². The minimum atomic E-state index is -0.292. The Kier molecular flexibility index (Phi) is 8.03. The standard InChI is InChI=1S/C27H36N4O4/c1-18-14-31(19(2)17-32)26(33)13-22-12-23(29-27(34)21-4-5-21)6-7-24(22)35-25(18)16-30(3)15-20-8-10-28-11-9-20/h6-12,18-19,21,25,32H,4-5,13-17H2,1-3H3,(H,29,34)/t18-,19-,25-/m0/s1. The average Bonchev–Trinajstić information content (AvgIpc) is 3.68. The summed E-state index contributed by atoms with van der Waals surface area (Å²) in [6.07, 6.45) is 5.42. The fourth-order valence-electron chi connectivity index (χ4n) is 4.49. The van der Waals surface area contributed by atoms with Gasteiger partial charge in [0.1, 0.15) is 11.9 Å². The molecule has 0 unspecified atom stereocenters. The quantitative estimate of drug-likeness (QED) is 0.603. The number of ether oxygens (including phenoxy) is 1. The summed E-state index contributed by atoms with van der Waals surface area (Å²) < 4.78 is 6.56. The molecule has 35 heavy (non-hydrogen) atoms. The number of benzene rings is 1. The van der Waals surface area contributed by atoms with Crippen LogP contribution in [0.1, 0.15) is 37.8 Å². The zero-order valence-electron chi connectivity index (χ0n) is 20.8. The predicted octanol–water partition coefficient (Wildman–Crippen LogP) is 2.71. The van der Waals surface area contributed by atoms with Crippen LogP contribution in [0.5, 0.6) is 5.75 Å². The first-order chi connectivity index (χ1) is 16.8. The summed E-state index contributed by atoms with van der Waals surface area (Å²) in [7, 11) is 2.06. The number of nitrogens with one attached hydrogen (secondary N) is 1. The van der Waals surface area contributed by atoms with E-state index in [-0.39, 0.29) is 48.8 Å². The lowest BCUT2D eigenvalue weighted by atomic mass is 10.0. The van der Waals surface area contributed by atoms with Crippen LogP contribution in [0.4, 0.5) is 5.69 Å². The lowest BCUT2D eigenvalue weighted by Gasteiger charge is -2.34. The van der Waals surface area contributed by atoms with E-state index in [1.54, 1.807) is 17.3 Å². The molecule has 1 fully saturated rings. The van der Waals surface area contributed by atoms with E-state index in [0.29, 0.717) is 24.5 Å². The summed E-state index contributed by atoms with van der Waals surface area (Å²) in [6, 6.07) is 9.26. The number of carbonyl (C=O) groups excluding carboxylic acids is 2. The van der Waals surface area contributed by atoms with Crippen LogP contribution in [0.15, 0.2) is 42.7 Å². The van der Waals surface area contributed by atoms with Gasteiger partial charge in [0.2, 0.25) is 11.8 Å². The molecule has 1 aliphatic carbocycles. The van der Waals surface area contributed by atoms with Crippen molar-refractivity contribution in [2.75, 3.05) is 32.1 Å². The van der Waals surface area contributed by atoms with Crippen LogP contribution in [0.3, 0.4) is 0 Å². The first-order valence-corrected chi connectivity index (χ1v) is 12.4. The highest BCUT2D eigenvalue weighted by atomic mass is 16.5. The lowest BCUT2D eigenvalue weighted by Crippen LogP contribution is -2.47. The lowest BCUT2D eigenvalue weighted by molar-refractivity contribution is -0.134. The second kappa shape index (κ2) is 11.2. The van der Waals surface area contributed by atoms with Crippen LogP contribution in [0.25, 0.3) is 0 Å². The number of hydrogen-bond donors (Lipinski definition) is 2. The molecule has 4 rings (SSSR count). The van der Waals surface area contributed by atoms with Crippen molar-refractivity contribution in [3.05, 3.63) is 53.9 Å². The molecular weight excluding hydrogens is 444 g/mol. The number of fused-ring (bicyclic) bond motifs is 1. The zero-order chi connectivity index (χ0) is 24.9. The molecule has 0 radical (unpaired) electrons. The molecule has 2 aromatic rings. The second-order valence-electron chi connectivity index (χ2n) is 10.0. The van der Waals surface area contributed by atoms with Crippen molar-refractivity contribution >= 4 is 17.5 Å². The Morgan fingerprint density at radius 2 is 2.03 bits per heavy atom. The highest BCUT2D eigenvalue weighted by molar-refractivity contribution is 5.94. The molecule has 2 heterocycles. The normalized spacial score (nSPS) is 21.4. The third-order valence-electron chi connectivity index (χ3n) is 6.83. The molecule has 1 aromatic heterocycles. The number of hydrogen-bond acceptors (Lipinski definition) is 6. The Morgan fingerprint density at radius 1 is 1.29 bits per heavy atom. The van der Waals surface area contributed by atoms with Crippen molar-refractivity contribution in [3.63, 3.8) is 0 Å². The SMILES string of the molecule is C[C@H]1CN([C@@H](C)CO)C(=O)Cc2cc(NC(=O)C3CC3)ccc2O[C@H]1CN(C)Cc1ccncc1. The second-order valence-corrected chi connectivity index (χ2v) is 10.0. The Labute approximate surface area is 207 Å². The van der Waals surface area contributed by atoms with E-state index in [4.69, 9.17) is 4.74 Å². The highest BCUT2D eigenvalue weighted by Crippen LogP contribution is 2.32. The number of pyridine rings is 1. The van der Waals surface area contributed by atoms with Crippen molar-refractivity contribution in [3.8, 4) is 5.75 Å². The maximum absolute atomic E-state index is 13.3. The molecule has 8 nitrogen and oxygen atoms in total. The molecule has 2 aliphatic rings. The summed E-state index contributed by atoms with van der Waals surface area (Å²) in [5.41, 5.74) is 2.59. The third kappa shape index (κ3) is 6.58. The van der Waals surface area contributed by atoms with Crippen LogP contribution in [-0.4, -0.2) is 70.6 Å². The molecule has 1 saturated carbocycles. The van der Waals surface area contributed by atoms with Gasteiger partial charge in [-0.25, -0.2) is 0 Å². The molecule has 1 aromatic carbocycles. The van der Waals surface area contributed by atoms with E-state index in [1.807, 2.05) is 37.3 Å². The molecule has 2 amide bonds. The number of aliphatic hydroxyl groups is 1. The first kappa shape index (κ1) is 25.1. The van der Waals surface area contributed by atoms with Crippen LogP contribution < -0.4 is 10.1 Å². The van der Waals surface area contributed by atoms with E-state index in [1.165, 1.54) is 5.56 Å². The number of rotatable bonds is 8.